The monoisotopic (exact) mass is 360 g/mol. The summed E-state index contributed by atoms with van der Waals surface area (Å²) in [6, 6.07) is 0.0375. The maximum atomic E-state index is 12.5. The molecule has 7 nitrogen and oxygen atoms in total. The molecule has 144 valence electrons. The zero-order valence-corrected chi connectivity index (χ0v) is 15.8. The number of carbonyl (C=O) groups excluding carboxylic acids is 1. The fourth-order valence-electron chi connectivity index (χ4n) is 4.63. The first kappa shape index (κ1) is 17.8. The van der Waals surface area contributed by atoms with Crippen molar-refractivity contribution in [3.05, 3.63) is 11.6 Å². The van der Waals surface area contributed by atoms with Crippen LogP contribution in [0.25, 0.3) is 0 Å². The highest BCUT2D eigenvalue weighted by Gasteiger charge is 2.24. The fourth-order valence-corrected chi connectivity index (χ4v) is 4.63. The van der Waals surface area contributed by atoms with Crippen molar-refractivity contribution in [1.82, 2.24) is 29.9 Å². The van der Waals surface area contributed by atoms with E-state index in [1.165, 1.54) is 51.5 Å². The minimum Gasteiger partial charge on any atom is -0.331 e. The number of nitrogens with zero attached hydrogens (tertiary/aromatic N) is 5. The van der Waals surface area contributed by atoms with E-state index in [9.17, 15) is 4.79 Å². The number of hydrogen-bond acceptors (Lipinski definition) is 4. The Hall–Kier alpha value is -1.63. The third-order valence-electron chi connectivity index (χ3n) is 6.23. The molecule has 3 heterocycles. The van der Waals surface area contributed by atoms with Crippen LogP contribution in [0.3, 0.4) is 0 Å². The zero-order valence-electron chi connectivity index (χ0n) is 15.8. The Morgan fingerprint density at radius 1 is 0.962 bits per heavy atom. The molecule has 7 heteroatoms. The molecule has 1 saturated heterocycles. The molecule has 3 aliphatic rings. The number of nitrogens with one attached hydrogen (secondary N) is 1. The summed E-state index contributed by atoms with van der Waals surface area (Å²) in [5.41, 5.74) is 0. The van der Waals surface area contributed by atoms with Gasteiger partial charge < -0.3 is 14.8 Å². The van der Waals surface area contributed by atoms with E-state index in [4.69, 9.17) is 0 Å². The summed E-state index contributed by atoms with van der Waals surface area (Å²) < 4.78 is 2.17. The van der Waals surface area contributed by atoms with Gasteiger partial charge in [0.1, 0.15) is 5.82 Å². The van der Waals surface area contributed by atoms with Gasteiger partial charge in [-0.25, -0.2) is 4.79 Å². The molecule has 0 unspecified atom stereocenters. The average molecular weight is 361 g/mol. The van der Waals surface area contributed by atoms with Gasteiger partial charge in [-0.2, -0.15) is 0 Å². The van der Waals surface area contributed by atoms with Crippen molar-refractivity contribution in [2.24, 2.45) is 5.92 Å². The van der Waals surface area contributed by atoms with Crippen molar-refractivity contribution in [3.63, 3.8) is 0 Å². The molecule has 0 aromatic carbocycles. The van der Waals surface area contributed by atoms with E-state index in [1.807, 2.05) is 4.90 Å². The molecule has 0 radical (unpaired) electrons. The first-order chi connectivity index (χ1) is 12.8. The second kappa shape index (κ2) is 8.37. The van der Waals surface area contributed by atoms with Crippen molar-refractivity contribution in [2.75, 3.05) is 32.7 Å². The molecule has 4 rings (SSSR count). The Kier molecular flexibility index (Phi) is 5.72. The maximum absolute atomic E-state index is 12.5. The van der Waals surface area contributed by atoms with Gasteiger partial charge in [0, 0.05) is 45.7 Å². The van der Waals surface area contributed by atoms with Crippen LogP contribution in [0, 0.1) is 5.92 Å². The van der Waals surface area contributed by atoms with Crippen LogP contribution in [0.4, 0.5) is 4.79 Å². The summed E-state index contributed by atoms with van der Waals surface area (Å²) in [7, 11) is 0. The SMILES string of the molecule is O=C(NCc1nnc2n1CCCC2)N1CCN(CC2CCCCC2)CC1. The van der Waals surface area contributed by atoms with E-state index in [1.54, 1.807) is 0 Å². The summed E-state index contributed by atoms with van der Waals surface area (Å²) in [5.74, 6) is 2.84. The van der Waals surface area contributed by atoms with Gasteiger partial charge in [0.2, 0.25) is 0 Å². The minimum absolute atomic E-state index is 0.0375. The van der Waals surface area contributed by atoms with Crippen LogP contribution < -0.4 is 5.32 Å². The lowest BCUT2D eigenvalue weighted by molar-refractivity contribution is 0.119. The third-order valence-corrected chi connectivity index (χ3v) is 6.23. The van der Waals surface area contributed by atoms with Crippen LogP contribution in [0.2, 0.25) is 0 Å². The van der Waals surface area contributed by atoms with E-state index >= 15 is 0 Å². The number of carbonyl (C=O) groups is 1. The molecule has 2 amide bonds. The summed E-state index contributed by atoms with van der Waals surface area (Å²) in [5, 5.41) is 11.6. The Bertz CT molecular complexity index is 601. The molecule has 1 aliphatic carbocycles. The summed E-state index contributed by atoms with van der Waals surface area (Å²) in [6.07, 6.45) is 10.4. The normalized spacial score (nSPS) is 22.2. The fraction of sp³-hybridized carbons (Fsp3) is 0.842. The highest BCUT2D eigenvalue weighted by molar-refractivity contribution is 5.74. The molecule has 1 N–H and O–H groups in total. The Morgan fingerprint density at radius 3 is 2.58 bits per heavy atom. The lowest BCUT2D eigenvalue weighted by Gasteiger charge is -2.37. The Labute approximate surface area is 156 Å². The smallest absolute Gasteiger partial charge is 0.317 e. The maximum Gasteiger partial charge on any atom is 0.317 e. The van der Waals surface area contributed by atoms with E-state index in [0.29, 0.717) is 6.54 Å². The van der Waals surface area contributed by atoms with Gasteiger partial charge in [-0.1, -0.05) is 19.3 Å². The van der Waals surface area contributed by atoms with E-state index in [0.717, 1.165) is 56.7 Å². The highest BCUT2D eigenvalue weighted by atomic mass is 16.2. The molecule has 1 saturated carbocycles. The number of piperazine rings is 1. The predicted octanol–water partition coefficient (Wildman–Crippen LogP) is 2.02. The van der Waals surface area contributed by atoms with Crippen molar-refractivity contribution < 1.29 is 4.79 Å². The number of aromatic nitrogens is 3. The Morgan fingerprint density at radius 2 is 1.77 bits per heavy atom. The topological polar surface area (TPSA) is 66.3 Å². The van der Waals surface area contributed by atoms with Gasteiger partial charge in [0.05, 0.1) is 6.54 Å². The minimum atomic E-state index is 0.0375. The lowest BCUT2D eigenvalue weighted by Crippen LogP contribution is -2.52. The molecule has 2 fully saturated rings. The summed E-state index contributed by atoms with van der Waals surface area (Å²) in [6.45, 7) is 6.35. The molecule has 0 spiro atoms. The van der Waals surface area contributed by atoms with Gasteiger partial charge in [-0.05, 0) is 31.6 Å². The Balaban J connectivity index is 1.20. The van der Waals surface area contributed by atoms with Crippen molar-refractivity contribution >= 4 is 6.03 Å². The molecule has 1 aromatic rings. The number of urea groups is 1. The number of hydrogen-bond donors (Lipinski definition) is 1. The molecule has 2 aliphatic heterocycles. The van der Waals surface area contributed by atoms with Crippen LogP contribution >= 0.6 is 0 Å². The van der Waals surface area contributed by atoms with Gasteiger partial charge in [-0.15, -0.1) is 10.2 Å². The first-order valence-corrected chi connectivity index (χ1v) is 10.5. The van der Waals surface area contributed by atoms with Gasteiger partial charge in [0.15, 0.2) is 5.82 Å². The first-order valence-electron chi connectivity index (χ1n) is 10.5. The van der Waals surface area contributed by atoms with Crippen molar-refractivity contribution in [2.45, 2.75) is 64.5 Å². The van der Waals surface area contributed by atoms with E-state index in [-0.39, 0.29) is 6.03 Å². The number of fused-ring (bicyclic) bond motifs is 1. The highest BCUT2D eigenvalue weighted by Crippen LogP contribution is 2.24. The van der Waals surface area contributed by atoms with Crippen LogP contribution in [0.1, 0.15) is 56.6 Å². The van der Waals surface area contributed by atoms with Crippen LogP contribution in [0.15, 0.2) is 0 Å². The molecule has 0 atom stereocenters. The van der Waals surface area contributed by atoms with Gasteiger partial charge in [-0.3, -0.25) is 4.90 Å². The zero-order chi connectivity index (χ0) is 17.8. The second-order valence-corrected chi connectivity index (χ2v) is 8.09. The molecule has 1 aromatic heterocycles. The van der Waals surface area contributed by atoms with E-state index in [2.05, 4.69) is 25.0 Å². The van der Waals surface area contributed by atoms with Crippen molar-refractivity contribution in [3.8, 4) is 0 Å². The number of aryl methyl sites for hydroxylation is 1. The van der Waals surface area contributed by atoms with Crippen LogP contribution in [-0.2, 0) is 19.5 Å². The molecule has 26 heavy (non-hydrogen) atoms. The third kappa shape index (κ3) is 4.19. The number of amides is 2. The van der Waals surface area contributed by atoms with Crippen LogP contribution in [-0.4, -0.2) is 63.3 Å². The number of rotatable bonds is 4. The van der Waals surface area contributed by atoms with Gasteiger partial charge in [0.25, 0.3) is 0 Å². The quantitative estimate of drug-likeness (QED) is 0.892. The largest absolute Gasteiger partial charge is 0.331 e. The molecule has 0 bridgehead atoms. The van der Waals surface area contributed by atoms with E-state index < -0.39 is 0 Å². The second-order valence-electron chi connectivity index (χ2n) is 8.09. The molecular formula is C19H32N6O. The summed E-state index contributed by atoms with van der Waals surface area (Å²) >= 11 is 0. The van der Waals surface area contributed by atoms with Crippen LogP contribution in [0.5, 0.6) is 0 Å². The van der Waals surface area contributed by atoms with Gasteiger partial charge >= 0.3 is 6.03 Å². The van der Waals surface area contributed by atoms with Crippen molar-refractivity contribution in [1.29, 1.82) is 0 Å². The molecular weight excluding hydrogens is 328 g/mol. The summed E-state index contributed by atoms with van der Waals surface area (Å²) in [4.78, 5) is 17.0. The lowest BCUT2D eigenvalue weighted by atomic mass is 9.89. The predicted molar refractivity (Wildman–Crippen MR) is 99.8 cm³/mol. The standard InChI is InChI=1S/C19H32N6O/c26-19(20-14-18-22-21-17-8-4-5-9-25(17)18)24-12-10-23(11-13-24)15-16-6-2-1-3-7-16/h16H,1-15H2,(H,20,26). The average Bonchev–Trinajstić information content (AvgIpc) is 3.11.